The lowest BCUT2D eigenvalue weighted by molar-refractivity contribution is 0.0903. The van der Waals surface area contributed by atoms with E-state index in [2.05, 4.69) is 16.3 Å². The Morgan fingerprint density at radius 1 is 1.12 bits per heavy atom. The van der Waals surface area contributed by atoms with Gasteiger partial charge in [-0.2, -0.15) is 10.2 Å². The first-order chi connectivity index (χ1) is 15.7. The van der Waals surface area contributed by atoms with Crippen LogP contribution in [0.3, 0.4) is 0 Å². The normalized spacial score (nSPS) is 21.7. The summed E-state index contributed by atoms with van der Waals surface area (Å²) in [6, 6.07) is 9.67. The summed E-state index contributed by atoms with van der Waals surface area (Å²) in [6.07, 6.45) is 4.46. The summed E-state index contributed by atoms with van der Waals surface area (Å²) in [5.74, 6) is 2.87. The number of piperidine rings is 1. The Bertz CT molecular complexity index is 1030. The van der Waals surface area contributed by atoms with Crippen LogP contribution in [0.15, 0.2) is 29.2 Å². The lowest BCUT2D eigenvalue weighted by Gasteiger charge is -2.33. The van der Waals surface area contributed by atoms with Crippen molar-refractivity contribution in [2.75, 3.05) is 42.3 Å². The number of rotatable bonds is 5. The second-order valence-corrected chi connectivity index (χ2v) is 9.93. The fourth-order valence-electron chi connectivity index (χ4n) is 4.43. The number of benzene rings is 1. The van der Waals surface area contributed by atoms with Crippen molar-refractivity contribution < 1.29 is 13.7 Å². The highest BCUT2D eigenvalue weighted by molar-refractivity contribution is 7.85. The third-order valence-electron chi connectivity index (χ3n) is 6.25. The zero-order valence-electron chi connectivity index (χ0n) is 18.0. The number of hydrogen-bond acceptors (Lipinski definition) is 8. The number of hydrogen-bond donors (Lipinski definition) is 1. The van der Waals surface area contributed by atoms with Crippen LogP contribution < -0.4 is 15.0 Å². The maximum atomic E-state index is 12.6. The second kappa shape index (κ2) is 9.43. The van der Waals surface area contributed by atoms with Gasteiger partial charge in [-0.1, -0.05) is 0 Å². The zero-order valence-corrected chi connectivity index (χ0v) is 18.8. The van der Waals surface area contributed by atoms with Crippen LogP contribution in [-0.4, -0.2) is 58.4 Å². The van der Waals surface area contributed by atoms with Crippen molar-refractivity contribution in [2.45, 2.75) is 49.1 Å². The minimum absolute atomic E-state index is 0.126. The molecule has 1 atom stereocenters. The number of fused-ring (bicyclic) bond motifs is 1. The molecule has 0 amide bonds. The molecule has 0 saturated carbocycles. The highest BCUT2D eigenvalue weighted by atomic mass is 32.2. The van der Waals surface area contributed by atoms with Crippen molar-refractivity contribution in [3.8, 4) is 11.8 Å². The minimum Gasteiger partial charge on any atom is -0.490 e. The molecule has 4 heterocycles. The molecule has 1 N–H and O–H groups in total. The van der Waals surface area contributed by atoms with E-state index in [-0.39, 0.29) is 6.10 Å². The molecule has 32 heavy (non-hydrogen) atoms. The van der Waals surface area contributed by atoms with Gasteiger partial charge in [-0.05, 0) is 37.1 Å². The van der Waals surface area contributed by atoms with E-state index < -0.39 is 10.8 Å². The van der Waals surface area contributed by atoms with Crippen molar-refractivity contribution >= 4 is 22.6 Å². The van der Waals surface area contributed by atoms with E-state index in [1.54, 1.807) is 12.1 Å². The molecule has 9 heteroatoms. The van der Waals surface area contributed by atoms with Gasteiger partial charge in [0.2, 0.25) is 5.95 Å². The van der Waals surface area contributed by atoms with Crippen LogP contribution in [0.5, 0.6) is 5.75 Å². The number of nitrogens with zero attached hydrogens (tertiary/aromatic N) is 4. The van der Waals surface area contributed by atoms with E-state index in [9.17, 15) is 4.21 Å². The molecular formula is C23H27N5O3S. The predicted octanol–water partition coefficient (Wildman–Crippen LogP) is 2.65. The first-order valence-electron chi connectivity index (χ1n) is 11.2. The molecule has 0 bridgehead atoms. The van der Waals surface area contributed by atoms with Gasteiger partial charge in [0.25, 0.3) is 0 Å². The van der Waals surface area contributed by atoms with E-state index in [1.807, 2.05) is 12.1 Å². The summed E-state index contributed by atoms with van der Waals surface area (Å²) in [6.45, 7) is 3.10. The lowest BCUT2D eigenvalue weighted by atomic mass is 10.1. The fraction of sp³-hybridized carbons (Fsp3) is 0.522. The molecule has 1 aromatic carbocycles. The highest BCUT2D eigenvalue weighted by Gasteiger charge is 2.30. The summed E-state index contributed by atoms with van der Waals surface area (Å²) < 4.78 is 24.2. The first kappa shape index (κ1) is 21.2. The Hall–Kier alpha value is -2.70. The average molecular weight is 454 g/mol. The molecule has 3 aliphatic rings. The van der Waals surface area contributed by atoms with Crippen molar-refractivity contribution in [2.24, 2.45) is 0 Å². The van der Waals surface area contributed by atoms with Crippen LogP contribution in [0.2, 0.25) is 0 Å². The van der Waals surface area contributed by atoms with Gasteiger partial charge < -0.3 is 19.7 Å². The molecule has 0 radical (unpaired) electrons. The third kappa shape index (κ3) is 4.57. The molecule has 2 aromatic rings. The summed E-state index contributed by atoms with van der Waals surface area (Å²) in [4.78, 5) is 12.6. The SMILES string of the molecule is N#Cc1ccc(OC2CCN(c3nc4c(c(NC5CCOCC5)n3)S(=O)CC4)CC2)cc1. The smallest absolute Gasteiger partial charge is 0.227 e. The standard InChI is InChI=1S/C23H27N5O3S/c24-15-16-1-3-18(4-2-16)31-19-5-10-28(11-6-19)23-26-20-9-14-32(29)21(20)22(27-23)25-17-7-12-30-13-8-17/h1-4,17,19H,5-14H2,(H,25,26,27). The topological polar surface area (TPSA) is 100 Å². The van der Waals surface area contributed by atoms with Crippen LogP contribution in [0.1, 0.15) is 36.9 Å². The second-order valence-electron chi connectivity index (χ2n) is 8.42. The van der Waals surface area contributed by atoms with Gasteiger partial charge in [-0.25, -0.2) is 4.98 Å². The first-order valence-corrected chi connectivity index (χ1v) is 12.6. The minimum atomic E-state index is -1.04. The number of nitriles is 1. The highest BCUT2D eigenvalue weighted by Crippen LogP contribution is 2.32. The molecule has 5 rings (SSSR count). The van der Waals surface area contributed by atoms with Gasteiger partial charge in [0.1, 0.15) is 22.6 Å². The predicted molar refractivity (Wildman–Crippen MR) is 121 cm³/mol. The van der Waals surface area contributed by atoms with Crippen LogP contribution in [0.25, 0.3) is 0 Å². The molecule has 168 valence electrons. The Kier molecular flexibility index (Phi) is 6.23. The Morgan fingerprint density at radius 3 is 2.59 bits per heavy atom. The summed E-state index contributed by atoms with van der Waals surface area (Å²) >= 11 is 0. The average Bonchev–Trinajstić information content (AvgIpc) is 3.21. The molecule has 0 aliphatic carbocycles. The molecule has 2 saturated heterocycles. The number of ether oxygens (including phenoxy) is 2. The van der Waals surface area contributed by atoms with Crippen molar-refractivity contribution in [3.05, 3.63) is 35.5 Å². The van der Waals surface area contributed by atoms with E-state index >= 15 is 0 Å². The van der Waals surface area contributed by atoms with Crippen molar-refractivity contribution in [1.82, 2.24) is 9.97 Å². The van der Waals surface area contributed by atoms with E-state index in [4.69, 9.17) is 24.7 Å². The summed E-state index contributed by atoms with van der Waals surface area (Å²) in [5, 5.41) is 12.5. The molecule has 1 aromatic heterocycles. The van der Waals surface area contributed by atoms with Gasteiger partial charge >= 0.3 is 0 Å². The molecule has 2 fully saturated rings. The Labute approximate surface area is 190 Å². The van der Waals surface area contributed by atoms with Gasteiger partial charge in [-0.3, -0.25) is 4.21 Å². The third-order valence-corrected chi connectivity index (χ3v) is 7.71. The maximum Gasteiger partial charge on any atom is 0.227 e. The van der Waals surface area contributed by atoms with Crippen molar-refractivity contribution in [1.29, 1.82) is 5.26 Å². The van der Waals surface area contributed by atoms with E-state index in [1.165, 1.54) is 0 Å². The monoisotopic (exact) mass is 453 g/mol. The molecular weight excluding hydrogens is 426 g/mol. The molecule has 1 unspecified atom stereocenters. The summed E-state index contributed by atoms with van der Waals surface area (Å²) in [5.41, 5.74) is 1.55. The molecule has 3 aliphatic heterocycles. The van der Waals surface area contributed by atoms with Crippen LogP contribution in [0, 0.1) is 11.3 Å². The van der Waals surface area contributed by atoms with E-state index in [0.717, 1.165) is 80.6 Å². The Morgan fingerprint density at radius 2 is 1.88 bits per heavy atom. The van der Waals surface area contributed by atoms with Crippen molar-refractivity contribution in [3.63, 3.8) is 0 Å². The number of aromatic nitrogens is 2. The number of aryl methyl sites for hydroxylation is 1. The number of nitrogens with one attached hydrogen (secondary N) is 1. The van der Waals surface area contributed by atoms with Gasteiger partial charge in [0.15, 0.2) is 0 Å². The van der Waals surface area contributed by atoms with Gasteiger partial charge in [0, 0.05) is 57.4 Å². The van der Waals surface area contributed by atoms with Crippen LogP contribution >= 0.6 is 0 Å². The largest absolute Gasteiger partial charge is 0.490 e. The summed E-state index contributed by atoms with van der Waals surface area (Å²) in [7, 11) is -1.04. The molecule has 0 spiro atoms. The number of anilines is 2. The Balaban J connectivity index is 1.27. The molecule has 8 nitrogen and oxygen atoms in total. The maximum absolute atomic E-state index is 12.6. The van der Waals surface area contributed by atoms with E-state index in [0.29, 0.717) is 23.3 Å². The van der Waals surface area contributed by atoms with Gasteiger partial charge in [0.05, 0.1) is 28.1 Å². The zero-order chi connectivity index (χ0) is 21.9. The fourth-order valence-corrected chi connectivity index (χ4v) is 5.75. The quantitative estimate of drug-likeness (QED) is 0.738. The van der Waals surface area contributed by atoms with Crippen LogP contribution in [0.4, 0.5) is 11.8 Å². The lowest BCUT2D eigenvalue weighted by Crippen LogP contribution is -2.39. The van der Waals surface area contributed by atoms with Gasteiger partial charge in [-0.15, -0.1) is 0 Å². The van der Waals surface area contributed by atoms with Crippen LogP contribution in [-0.2, 0) is 22.0 Å².